The Labute approximate surface area is 175 Å². The third-order valence-corrected chi connectivity index (χ3v) is 7.60. The lowest BCUT2D eigenvalue weighted by Gasteiger charge is -2.25. The number of morpholine rings is 1. The molecule has 28 heavy (non-hydrogen) atoms. The fraction of sp³-hybridized carbons (Fsp3) is 0.389. The van der Waals surface area contributed by atoms with E-state index >= 15 is 0 Å². The summed E-state index contributed by atoms with van der Waals surface area (Å²) >= 11 is 1.36. The van der Waals surface area contributed by atoms with E-state index in [0.29, 0.717) is 22.9 Å². The van der Waals surface area contributed by atoms with Crippen molar-refractivity contribution < 1.29 is 18.0 Å². The summed E-state index contributed by atoms with van der Waals surface area (Å²) in [5, 5.41) is 6.13. The Balaban J connectivity index is 0.00000225. The van der Waals surface area contributed by atoms with Gasteiger partial charge in [0, 0.05) is 32.2 Å². The van der Waals surface area contributed by atoms with E-state index in [1.54, 1.807) is 24.6 Å². The molecular weight excluding hydrogens is 422 g/mol. The number of nitrogens with zero attached hydrogens (tertiary/aromatic N) is 3. The van der Waals surface area contributed by atoms with Gasteiger partial charge in [0.15, 0.2) is 0 Å². The number of hydrogen-bond acceptors (Lipinski definition) is 7. The lowest BCUT2D eigenvalue weighted by Crippen LogP contribution is -2.38. The monoisotopic (exact) mass is 443 g/mol. The molecule has 152 valence electrons. The van der Waals surface area contributed by atoms with E-state index in [-0.39, 0.29) is 17.3 Å². The quantitative estimate of drug-likeness (QED) is 0.536. The normalized spacial score (nSPS) is 20.0. The van der Waals surface area contributed by atoms with E-state index < -0.39 is 10.0 Å². The molecule has 1 fully saturated rings. The zero-order valence-electron chi connectivity index (χ0n) is 15.4. The molecule has 1 saturated heterocycles. The summed E-state index contributed by atoms with van der Waals surface area (Å²) in [4.78, 5) is 8.76. The molecule has 0 N–H and O–H groups in total. The molecular formula is C18H22ClN3O4S2. The Morgan fingerprint density at radius 3 is 2.75 bits per heavy atom. The van der Waals surface area contributed by atoms with Crippen molar-refractivity contribution in [3.8, 4) is 0 Å². The van der Waals surface area contributed by atoms with Gasteiger partial charge in [-0.2, -0.15) is 0 Å². The summed E-state index contributed by atoms with van der Waals surface area (Å²) in [5.41, 5.74) is 1.90. The van der Waals surface area contributed by atoms with E-state index in [2.05, 4.69) is 10.1 Å². The lowest BCUT2D eigenvalue weighted by atomic mass is 10.1. The molecule has 0 unspecified atom stereocenters. The molecule has 0 aliphatic carbocycles. The van der Waals surface area contributed by atoms with Gasteiger partial charge < -0.3 is 9.57 Å². The van der Waals surface area contributed by atoms with Crippen LogP contribution in [0.4, 0.5) is 5.69 Å². The van der Waals surface area contributed by atoms with Crippen molar-refractivity contribution in [3.05, 3.63) is 46.2 Å². The average Bonchev–Trinajstić information content (AvgIpc) is 3.16. The molecule has 0 saturated carbocycles. The molecule has 1 aromatic heterocycles. The predicted octanol–water partition coefficient (Wildman–Crippen LogP) is 2.41. The van der Waals surface area contributed by atoms with E-state index in [9.17, 15) is 8.42 Å². The lowest BCUT2D eigenvalue weighted by molar-refractivity contribution is 0.0212. The molecule has 4 rings (SSSR count). The fourth-order valence-corrected chi connectivity index (χ4v) is 5.83. The van der Waals surface area contributed by atoms with Crippen LogP contribution >= 0.6 is 23.7 Å². The number of rotatable bonds is 4. The third kappa shape index (κ3) is 3.90. The summed E-state index contributed by atoms with van der Waals surface area (Å²) in [6.45, 7) is 4.46. The number of sulfonamides is 1. The summed E-state index contributed by atoms with van der Waals surface area (Å²) in [7, 11) is -2.06. The highest BCUT2D eigenvalue weighted by Gasteiger charge is 2.34. The van der Waals surface area contributed by atoms with Crippen LogP contribution in [0.25, 0.3) is 0 Å². The first-order valence-corrected chi connectivity index (χ1v) is 11.1. The highest BCUT2D eigenvalue weighted by molar-refractivity contribution is 7.93. The second kappa shape index (κ2) is 8.79. The van der Waals surface area contributed by atoms with E-state index in [1.165, 1.54) is 15.6 Å². The maximum atomic E-state index is 12.9. The van der Waals surface area contributed by atoms with Crippen LogP contribution in [0.15, 0.2) is 45.8 Å². The minimum atomic E-state index is -3.62. The third-order valence-electron chi connectivity index (χ3n) is 4.74. The number of para-hydroxylation sites is 1. The largest absolute Gasteiger partial charge is 0.394 e. The van der Waals surface area contributed by atoms with E-state index in [1.807, 2.05) is 18.2 Å². The summed E-state index contributed by atoms with van der Waals surface area (Å²) in [6, 6.07) is 8.98. The van der Waals surface area contributed by atoms with Crippen LogP contribution in [0.5, 0.6) is 0 Å². The molecule has 2 aliphatic heterocycles. The standard InChI is InChI=1S/C18H21N3O4S2.ClH/c1-20-15-5-3-2-4-14(15)17(18-16(6-13-26-18)27(20,22)23)19-25-12-9-21-7-10-24-11-8-21;/h2-6,13H,7-12H2,1H3;1H/b19-17+;. The van der Waals surface area contributed by atoms with Crippen molar-refractivity contribution >= 4 is 45.2 Å². The Morgan fingerprint density at radius 2 is 1.96 bits per heavy atom. The first-order valence-electron chi connectivity index (χ1n) is 8.75. The van der Waals surface area contributed by atoms with Gasteiger partial charge in [-0.05, 0) is 17.5 Å². The van der Waals surface area contributed by atoms with Crippen molar-refractivity contribution in [2.45, 2.75) is 4.90 Å². The van der Waals surface area contributed by atoms with Gasteiger partial charge in [0.05, 0.1) is 23.8 Å². The van der Waals surface area contributed by atoms with Crippen LogP contribution in [0.1, 0.15) is 10.4 Å². The molecule has 2 aliphatic rings. The predicted molar refractivity (Wildman–Crippen MR) is 112 cm³/mol. The fourth-order valence-electron chi connectivity index (χ4n) is 3.22. The highest BCUT2D eigenvalue weighted by Crippen LogP contribution is 2.36. The number of benzene rings is 1. The van der Waals surface area contributed by atoms with Crippen LogP contribution in [0, 0.1) is 0 Å². The average molecular weight is 444 g/mol. The van der Waals surface area contributed by atoms with Crippen LogP contribution < -0.4 is 4.31 Å². The van der Waals surface area contributed by atoms with Crippen molar-refractivity contribution in [2.75, 3.05) is 50.8 Å². The number of ether oxygens (including phenoxy) is 1. The maximum Gasteiger partial charge on any atom is 0.265 e. The maximum absolute atomic E-state index is 12.9. The van der Waals surface area contributed by atoms with E-state index in [4.69, 9.17) is 9.57 Å². The molecule has 0 radical (unpaired) electrons. The van der Waals surface area contributed by atoms with Crippen LogP contribution in [-0.4, -0.2) is 65.5 Å². The summed E-state index contributed by atoms with van der Waals surface area (Å²) < 4.78 is 32.5. The van der Waals surface area contributed by atoms with Gasteiger partial charge in [-0.3, -0.25) is 9.21 Å². The van der Waals surface area contributed by atoms with Gasteiger partial charge in [0.2, 0.25) is 0 Å². The van der Waals surface area contributed by atoms with Crippen LogP contribution in [0.2, 0.25) is 0 Å². The van der Waals surface area contributed by atoms with Crippen molar-refractivity contribution in [3.63, 3.8) is 0 Å². The Kier molecular flexibility index (Phi) is 6.61. The Hall–Kier alpha value is -1.65. The van der Waals surface area contributed by atoms with Crippen LogP contribution in [0.3, 0.4) is 0 Å². The summed E-state index contributed by atoms with van der Waals surface area (Å²) in [5.74, 6) is 0. The number of halogens is 1. The SMILES string of the molecule is CN1c2ccccc2/C(=N\OCCN2CCOCC2)c2sccc2S1(=O)=O.Cl. The van der Waals surface area contributed by atoms with Gasteiger partial charge >= 0.3 is 0 Å². The first-order chi connectivity index (χ1) is 13.1. The Bertz CT molecular complexity index is 955. The summed E-state index contributed by atoms with van der Waals surface area (Å²) in [6.07, 6.45) is 0. The van der Waals surface area contributed by atoms with Crippen molar-refractivity contribution in [2.24, 2.45) is 5.16 Å². The second-order valence-corrected chi connectivity index (χ2v) is 9.18. The number of hydrogen-bond donors (Lipinski definition) is 0. The number of oxime groups is 1. The zero-order valence-corrected chi connectivity index (χ0v) is 17.9. The minimum absolute atomic E-state index is 0. The molecule has 3 heterocycles. The molecule has 10 heteroatoms. The van der Waals surface area contributed by atoms with Gasteiger partial charge in [-0.1, -0.05) is 23.4 Å². The molecule has 0 bridgehead atoms. The zero-order chi connectivity index (χ0) is 18.9. The smallest absolute Gasteiger partial charge is 0.265 e. The minimum Gasteiger partial charge on any atom is -0.394 e. The van der Waals surface area contributed by atoms with Gasteiger partial charge in [0.1, 0.15) is 17.2 Å². The first kappa shape index (κ1) is 21.1. The number of thiophene rings is 1. The molecule has 1 aromatic carbocycles. The van der Waals surface area contributed by atoms with Crippen molar-refractivity contribution in [1.29, 1.82) is 0 Å². The molecule has 2 aromatic rings. The molecule has 0 amide bonds. The van der Waals surface area contributed by atoms with Gasteiger partial charge in [0.25, 0.3) is 10.0 Å². The van der Waals surface area contributed by atoms with Crippen molar-refractivity contribution in [1.82, 2.24) is 4.90 Å². The molecule has 0 atom stereocenters. The molecule has 0 spiro atoms. The van der Waals surface area contributed by atoms with Crippen LogP contribution in [-0.2, 0) is 19.6 Å². The number of anilines is 1. The van der Waals surface area contributed by atoms with Gasteiger partial charge in [-0.25, -0.2) is 8.42 Å². The topological polar surface area (TPSA) is 71.4 Å². The van der Waals surface area contributed by atoms with Gasteiger partial charge in [-0.15, -0.1) is 23.7 Å². The second-order valence-electron chi connectivity index (χ2n) is 6.33. The number of fused-ring (bicyclic) bond motifs is 2. The molecule has 7 nitrogen and oxygen atoms in total. The van der Waals surface area contributed by atoms with E-state index in [0.717, 1.165) is 38.4 Å². The Morgan fingerprint density at radius 1 is 1.21 bits per heavy atom. The highest BCUT2D eigenvalue weighted by atomic mass is 35.5.